The first kappa shape index (κ1) is 30.3. The van der Waals surface area contributed by atoms with Crippen molar-refractivity contribution in [2.45, 2.75) is 11.8 Å². The van der Waals surface area contributed by atoms with Gasteiger partial charge in [0.2, 0.25) is 11.7 Å². The zero-order valence-corrected chi connectivity index (χ0v) is 26.8. The zero-order valence-electron chi connectivity index (χ0n) is 23.6. The molecule has 8 nitrogen and oxygen atoms in total. The zero-order chi connectivity index (χ0) is 30.6. The Hall–Kier alpha value is -4.15. The largest absolute Gasteiger partial charge is 0.493 e. The Morgan fingerprint density at radius 2 is 1.42 bits per heavy atom. The van der Waals surface area contributed by atoms with Crippen LogP contribution in [0.1, 0.15) is 33.5 Å². The van der Waals surface area contributed by atoms with Crippen molar-refractivity contribution in [1.82, 2.24) is 5.43 Å². The van der Waals surface area contributed by atoms with Crippen molar-refractivity contribution in [3.8, 4) is 23.0 Å². The van der Waals surface area contributed by atoms with E-state index in [1.165, 1.54) is 39.7 Å². The minimum absolute atomic E-state index is 0.187. The van der Waals surface area contributed by atoms with Crippen molar-refractivity contribution < 1.29 is 28.5 Å². The molecular formula is C33H28Br2N2O6. The molecule has 220 valence electrons. The second-order valence-corrected chi connectivity index (χ2v) is 11.6. The van der Waals surface area contributed by atoms with Crippen molar-refractivity contribution in [2.24, 2.45) is 11.0 Å². The number of hydrazone groups is 1. The van der Waals surface area contributed by atoms with Gasteiger partial charge in [0, 0.05) is 15.5 Å². The van der Waals surface area contributed by atoms with Gasteiger partial charge in [0.05, 0.1) is 43.5 Å². The van der Waals surface area contributed by atoms with Crippen molar-refractivity contribution in [3.05, 3.63) is 116 Å². The van der Waals surface area contributed by atoms with E-state index in [2.05, 4.69) is 66.7 Å². The molecule has 1 aliphatic rings. The summed E-state index contributed by atoms with van der Waals surface area (Å²) in [4.78, 5) is 26.6. The summed E-state index contributed by atoms with van der Waals surface area (Å²) in [6.45, 7) is 0. The molecule has 1 amide bonds. The molecule has 0 heterocycles. The molecule has 0 spiro atoms. The summed E-state index contributed by atoms with van der Waals surface area (Å²) in [5, 5.41) is 4.24. The van der Waals surface area contributed by atoms with Crippen LogP contribution in [0.4, 0.5) is 0 Å². The summed E-state index contributed by atoms with van der Waals surface area (Å²) >= 11 is 6.94. The van der Waals surface area contributed by atoms with Gasteiger partial charge in [-0.25, -0.2) is 10.2 Å². The molecule has 0 aliphatic heterocycles. The number of ether oxygens (including phenoxy) is 4. The predicted octanol–water partition coefficient (Wildman–Crippen LogP) is 6.91. The molecule has 1 atom stereocenters. The third-order valence-corrected chi connectivity index (χ3v) is 8.41. The lowest BCUT2D eigenvalue weighted by atomic mass is 9.85. The van der Waals surface area contributed by atoms with Crippen LogP contribution in [-0.4, -0.2) is 39.4 Å². The Morgan fingerprint density at radius 1 is 0.837 bits per heavy atom. The topological polar surface area (TPSA) is 95.5 Å². The molecule has 0 bridgehead atoms. The molecule has 5 rings (SSSR count). The second-order valence-electron chi connectivity index (χ2n) is 9.80. The molecule has 4 aromatic rings. The Bertz CT molecular complexity index is 1610. The number of esters is 1. The summed E-state index contributed by atoms with van der Waals surface area (Å²) in [5.41, 5.74) is 5.09. The van der Waals surface area contributed by atoms with Gasteiger partial charge in [0.25, 0.3) is 0 Å². The summed E-state index contributed by atoms with van der Waals surface area (Å²) in [6, 6.07) is 26.6. The summed E-state index contributed by atoms with van der Waals surface area (Å²) in [7, 11) is 4.41. The van der Waals surface area contributed by atoms with Crippen molar-refractivity contribution in [1.29, 1.82) is 0 Å². The summed E-state index contributed by atoms with van der Waals surface area (Å²) < 4.78 is 23.1. The Labute approximate surface area is 266 Å². The fraction of sp³-hybridized carbons (Fsp3) is 0.182. The predicted molar refractivity (Wildman–Crippen MR) is 170 cm³/mol. The number of hydrogen-bond acceptors (Lipinski definition) is 7. The number of nitrogens with one attached hydrogen (secondary N) is 1. The van der Waals surface area contributed by atoms with Crippen LogP contribution in [0.2, 0.25) is 0 Å². The van der Waals surface area contributed by atoms with Gasteiger partial charge < -0.3 is 18.9 Å². The van der Waals surface area contributed by atoms with E-state index in [4.69, 9.17) is 18.9 Å². The average Bonchev–Trinajstić information content (AvgIpc) is 3.80. The third kappa shape index (κ3) is 6.16. The van der Waals surface area contributed by atoms with Crippen LogP contribution in [0.25, 0.3) is 0 Å². The van der Waals surface area contributed by atoms with Gasteiger partial charge in [-0.3, -0.25) is 4.79 Å². The van der Waals surface area contributed by atoms with Crippen LogP contribution in [0.15, 0.2) is 99.0 Å². The summed E-state index contributed by atoms with van der Waals surface area (Å²) in [5.74, 6) is 0.0542. The highest BCUT2D eigenvalue weighted by atomic mass is 79.9. The average molecular weight is 708 g/mol. The monoisotopic (exact) mass is 706 g/mol. The van der Waals surface area contributed by atoms with Crippen LogP contribution in [0.5, 0.6) is 23.0 Å². The lowest BCUT2D eigenvalue weighted by molar-refractivity contribution is -0.122. The fourth-order valence-electron chi connectivity index (χ4n) is 5.23. The molecule has 1 fully saturated rings. The molecule has 1 N–H and O–H groups in total. The molecule has 0 aromatic heterocycles. The standard InChI is InChI=1S/C33H28Br2N2O6/c1-40-27-15-20(16-28(41-2)30(27)42-3)32(39)43-29-21(14-24(34)17-26(29)35)19-36-37-31(38)25-18-33(25,22-10-6-4-7-11-22)23-12-8-5-9-13-23/h4-17,19,25H,18H2,1-3H3,(H,37,38). The van der Waals surface area contributed by atoms with E-state index in [1.807, 2.05) is 36.4 Å². The summed E-state index contributed by atoms with van der Waals surface area (Å²) in [6.07, 6.45) is 2.11. The van der Waals surface area contributed by atoms with Crippen LogP contribution < -0.4 is 24.4 Å². The highest BCUT2D eigenvalue weighted by Crippen LogP contribution is 2.58. The number of methoxy groups -OCH3 is 3. The maximum absolute atomic E-state index is 13.3. The number of benzene rings is 4. The molecular weight excluding hydrogens is 680 g/mol. The van der Waals surface area contributed by atoms with E-state index in [0.717, 1.165) is 11.1 Å². The number of nitrogens with zero attached hydrogens (tertiary/aromatic N) is 1. The van der Waals surface area contributed by atoms with Gasteiger partial charge in [-0.1, -0.05) is 76.6 Å². The Balaban J connectivity index is 1.37. The van der Waals surface area contributed by atoms with E-state index in [-0.39, 0.29) is 23.1 Å². The molecule has 1 saturated carbocycles. The first-order valence-corrected chi connectivity index (χ1v) is 14.9. The van der Waals surface area contributed by atoms with Gasteiger partial charge in [-0.2, -0.15) is 5.10 Å². The minimum atomic E-state index is -0.658. The highest BCUT2D eigenvalue weighted by Gasteiger charge is 2.60. The van der Waals surface area contributed by atoms with Crippen LogP contribution in [-0.2, 0) is 10.2 Å². The lowest BCUT2D eigenvalue weighted by Gasteiger charge is -2.18. The third-order valence-electron chi connectivity index (χ3n) is 7.37. The van der Waals surface area contributed by atoms with Gasteiger partial charge in [0.15, 0.2) is 17.2 Å². The fourth-order valence-corrected chi connectivity index (χ4v) is 6.57. The molecule has 10 heteroatoms. The van der Waals surface area contributed by atoms with Crippen LogP contribution in [0.3, 0.4) is 0 Å². The van der Waals surface area contributed by atoms with Gasteiger partial charge in [0.1, 0.15) is 0 Å². The first-order valence-electron chi connectivity index (χ1n) is 13.3. The van der Waals surface area contributed by atoms with Gasteiger partial charge in [-0.05, 0) is 57.7 Å². The van der Waals surface area contributed by atoms with Crippen molar-refractivity contribution in [2.75, 3.05) is 21.3 Å². The number of rotatable bonds is 10. The number of amides is 1. The second kappa shape index (κ2) is 13.0. The number of carbonyl (C=O) groups excluding carboxylic acids is 2. The number of halogens is 2. The molecule has 1 aliphatic carbocycles. The molecule has 4 aromatic carbocycles. The molecule has 43 heavy (non-hydrogen) atoms. The molecule has 0 radical (unpaired) electrons. The SMILES string of the molecule is COc1cc(C(=O)Oc2c(Br)cc(Br)cc2C=NNC(=O)C2CC2(c2ccccc2)c2ccccc2)cc(OC)c1OC. The van der Waals surface area contributed by atoms with E-state index in [1.54, 1.807) is 12.1 Å². The molecule has 0 saturated heterocycles. The maximum atomic E-state index is 13.3. The van der Waals surface area contributed by atoms with Gasteiger partial charge in [-0.15, -0.1) is 0 Å². The molecule has 1 unspecified atom stereocenters. The smallest absolute Gasteiger partial charge is 0.343 e. The Morgan fingerprint density at radius 3 is 1.95 bits per heavy atom. The van der Waals surface area contributed by atoms with Gasteiger partial charge >= 0.3 is 5.97 Å². The highest BCUT2D eigenvalue weighted by molar-refractivity contribution is 9.11. The quantitative estimate of drug-likeness (QED) is 0.0833. The number of carbonyl (C=O) groups is 2. The van der Waals surface area contributed by atoms with Crippen LogP contribution in [0, 0.1) is 5.92 Å². The first-order chi connectivity index (χ1) is 20.8. The Kier molecular flexibility index (Phi) is 9.17. The number of hydrogen-bond donors (Lipinski definition) is 1. The van der Waals surface area contributed by atoms with E-state index >= 15 is 0 Å². The lowest BCUT2D eigenvalue weighted by Crippen LogP contribution is -2.25. The van der Waals surface area contributed by atoms with E-state index in [9.17, 15) is 9.59 Å². The normalized spacial score (nSPS) is 15.0. The van der Waals surface area contributed by atoms with Crippen molar-refractivity contribution in [3.63, 3.8) is 0 Å². The van der Waals surface area contributed by atoms with E-state index in [0.29, 0.717) is 38.2 Å². The van der Waals surface area contributed by atoms with Crippen LogP contribution >= 0.6 is 31.9 Å². The van der Waals surface area contributed by atoms with E-state index < -0.39 is 11.4 Å². The van der Waals surface area contributed by atoms with Crippen molar-refractivity contribution >= 4 is 50.0 Å². The minimum Gasteiger partial charge on any atom is -0.493 e. The maximum Gasteiger partial charge on any atom is 0.343 e.